The molecule has 0 nitrogen and oxygen atoms in total. The van der Waals surface area contributed by atoms with Crippen LogP contribution in [0.3, 0.4) is 0 Å². The quantitative estimate of drug-likeness (QED) is 0.131. The van der Waals surface area contributed by atoms with Crippen molar-refractivity contribution in [3.8, 4) is 55.6 Å². The molecule has 10 rings (SSSR count). The van der Waals surface area contributed by atoms with Gasteiger partial charge >= 0.3 is 0 Å². The molecule has 1 aliphatic heterocycles. The third-order valence-electron chi connectivity index (χ3n) is 11.9. The van der Waals surface area contributed by atoms with Gasteiger partial charge in [-0.1, -0.05) is 173 Å². The molecule has 0 saturated carbocycles. The van der Waals surface area contributed by atoms with Crippen molar-refractivity contribution in [2.75, 3.05) is 0 Å². The van der Waals surface area contributed by atoms with Gasteiger partial charge in [-0.05, 0) is 111 Å². The Morgan fingerprint density at radius 1 is 0.360 bits per heavy atom. The van der Waals surface area contributed by atoms with Gasteiger partial charge in [0.15, 0.2) is 0 Å². The molecule has 0 amide bonds. The second kappa shape index (κ2) is 10.5. The van der Waals surface area contributed by atoms with E-state index in [4.69, 9.17) is 0 Å². The Balaban J connectivity index is 1.21. The molecule has 1 heterocycles. The first-order valence-corrected chi connectivity index (χ1v) is 20.9. The second-order valence-electron chi connectivity index (χ2n) is 15.3. The molecular formula is C49H38Si. The fourth-order valence-electron chi connectivity index (χ4n) is 9.30. The lowest BCUT2D eigenvalue weighted by Crippen LogP contribution is -2.49. The van der Waals surface area contributed by atoms with E-state index in [2.05, 4.69) is 185 Å². The van der Waals surface area contributed by atoms with Gasteiger partial charge in [-0.25, -0.2) is 0 Å². The predicted octanol–water partition coefficient (Wildman–Crippen LogP) is 12.1. The van der Waals surface area contributed by atoms with E-state index >= 15 is 0 Å². The summed E-state index contributed by atoms with van der Waals surface area (Å²) in [6, 6.07) is 59.6. The van der Waals surface area contributed by atoms with Crippen LogP contribution < -0.4 is 10.4 Å². The molecule has 0 N–H and O–H groups in total. The molecule has 1 heteroatoms. The van der Waals surface area contributed by atoms with Gasteiger partial charge in [-0.3, -0.25) is 0 Å². The van der Waals surface area contributed by atoms with Gasteiger partial charge in [-0.15, -0.1) is 0 Å². The van der Waals surface area contributed by atoms with Crippen LogP contribution in [0.5, 0.6) is 0 Å². The zero-order valence-electron chi connectivity index (χ0n) is 29.0. The monoisotopic (exact) mass is 654 g/mol. The molecule has 8 aromatic carbocycles. The summed E-state index contributed by atoms with van der Waals surface area (Å²) >= 11 is 0. The van der Waals surface area contributed by atoms with Gasteiger partial charge in [0.1, 0.15) is 8.07 Å². The standard InChI is InChI=1S/C49H38Si/c1-49(2)43-22-14-13-19-35(43)36-25-23-33(27-44(36)49)34-24-26-37-40-29-41-42(30-46(40)50(3,4)45(37)28-34)48(32-17-9-6-10-18-32)39-21-12-11-20-38(39)47(41)31-15-7-5-8-16-31/h5-30H,1-4H3. The van der Waals surface area contributed by atoms with E-state index in [1.807, 2.05) is 0 Å². The van der Waals surface area contributed by atoms with Crippen LogP contribution in [0, 0.1) is 0 Å². The lowest BCUT2D eigenvalue weighted by molar-refractivity contribution is 0.660. The summed E-state index contributed by atoms with van der Waals surface area (Å²) in [7, 11) is -2.05. The highest BCUT2D eigenvalue weighted by Crippen LogP contribution is 2.50. The topological polar surface area (TPSA) is 0 Å². The first kappa shape index (κ1) is 29.4. The maximum atomic E-state index is 2.59. The van der Waals surface area contributed by atoms with Crippen molar-refractivity contribution in [1.82, 2.24) is 0 Å². The molecule has 0 fully saturated rings. The Labute approximate surface area is 295 Å². The Kier molecular flexibility index (Phi) is 6.18. The predicted molar refractivity (Wildman–Crippen MR) is 218 cm³/mol. The molecule has 8 aromatic rings. The molecule has 0 atom stereocenters. The zero-order valence-corrected chi connectivity index (χ0v) is 30.0. The van der Waals surface area contributed by atoms with Gasteiger partial charge in [-0.2, -0.15) is 0 Å². The number of benzene rings is 8. The van der Waals surface area contributed by atoms with E-state index in [1.54, 1.807) is 0 Å². The van der Waals surface area contributed by atoms with Crippen LogP contribution in [0.2, 0.25) is 13.1 Å². The van der Waals surface area contributed by atoms with Crippen LogP contribution in [-0.4, -0.2) is 8.07 Å². The minimum Gasteiger partial charge on any atom is -0.0622 e. The average molecular weight is 655 g/mol. The van der Waals surface area contributed by atoms with Crippen molar-refractivity contribution in [3.63, 3.8) is 0 Å². The first-order valence-electron chi connectivity index (χ1n) is 17.9. The third-order valence-corrected chi connectivity index (χ3v) is 15.4. The van der Waals surface area contributed by atoms with Crippen LogP contribution in [0.15, 0.2) is 158 Å². The van der Waals surface area contributed by atoms with E-state index in [-0.39, 0.29) is 5.41 Å². The molecule has 50 heavy (non-hydrogen) atoms. The fraction of sp³-hybridized carbons (Fsp3) is 0.102. The number of hydrogen-bond donors (Lipinski definition) is 0. The van der Waals surface area contributed by atoms with Crippen molar-refractivity contribution in [2.24, 2.45) is 0 Å². The van der Waals surface area contributed by atoms with Gasteiger partial charge in [0.25, 0.3) is 0 Å². The molecular weight excluding hydrogens is 617 g/mol. The molecule has 0 aromatic heterocycles. The maximum Gasteiger partial charge on any atom is 0.113 e. The second-order valence-corrected chi connectivity index (χ2v) is 19.6. The summed E-state index contributed by atoms with van der Waals surface area (Å²) in [4.78, 5) is 0. The van der Waals surface area contributed by atoms with Crippen molar-refractivity contribution in [1.29, 1.82) is 0 Å². The first-order chi connectivity index (χ1) is 24.3. The average Bonchev–Trinajstić information content (AvgIpc) is 3.52. The summed E-state index contributed by atoms with van der Waals surface area (Å²) in [5.74, 6) is 0. The highest BCUT2D eigenvalue weighted by Gasteiger charge is 2.39. The van der Waals surface area contributed by atoms with Gasteiger partial charge < -0.3 is 0 Å². The van der Waals surface area contributed by atoms with Gasteiger partial charge in [0.2, 0.25) is 0 Å². The van der Waals surface area contributed by atoms with Crippen LogP contribution in [0.25, 0.3) is 77.2 Å². The Bertz CT molecular complexity index is 2680. The van der Waals surface area contributed by atoms with Crippen molar-refractivity contribution < 1.29 is 0 Å². The number of rotatable bonds is 3. The summed E-state index contributed by atoms with van der Waals surface area (Å²) in [5, 5.41) is 8.36. The largest absolute Gasteiger partial charge is 0.113 e. The lowest BCUT2D eigenvalue weighted by atomic mass is 9.81. The van der Waals surface area contributed by atoms with Crippen LogP contribution in [0.1, 0.15) is 25.0 Å². The number of hydrogen-bond acceptors (Lipinski definition) is 0. The summed E-state index contributed by atoms with van der Waals surface area (Å²) in [6.07, 6.45) is 0. The molecule has 1 aliphatic carbocycles. The summed E-state index contributed by atoms with van der Waals surface area (Å²) in [6.45, 7) is 9.85. The maximum absolute atomic E-state index is 2.59. The Morgan fingerprint density at radius 3 is 1.52 bits per heavy atom. The van der Waals surface area contributed by atoms with Crippen molar-refractivity contribution in [2.45, 2.75) is 32.4 Å². The van der Waals surface area contributed by atoms with E-state index < -0.39 is 8.07 Å². The molecule has 0 unspecified atom stereocenters. The summed E-state index contributed by atoms with van der Waals surface area (Å²) < 4.78 is 0. The third kappa shape index (κ3) is 4.05. The Hall–Kier alpha value is -5.50. The van der Waals surface area contributed by atoms with Crippen LogP contribution >= 0.6 is 0 Å². The van der Waals surface area contributed by atoms with E-state index in [0.29, 0.717) is 0 Å². The molecule has 0 spiro atoms. The van der Waals surface area contributed by atoms with Crippen LogP contribution in [-0.2, 0) is 5.41 Å². The molecule has 238 valence electrons. The molecule has 2 aliphatic rings. The van der Waals surface area contributed by atoms with E-state index in [0.717, 1.165) is 0 Å². The molecule has 0 saturated heterocycles. The lowest BCUT2D eigenvalue weighted by Gasteiger charge is -2.23. The molecule has 0 radical (unpaired) electrons. The van der Waals surface area contributed by atoms with E-state index in [9.17, 15) is 0 Å². The number of fused-ring (bicyclic) bond motifs is 8. The SMILES string of the molecule is CC1(C)c2ccccc2-c2ccc(-c3ccc4c(c3)[Si](C)(C)c3cc5c(-c6ccccc6)c6ccccc6c(-c6ccccc6)c5cc3-4)cc21. The smallest absolute Gasteiger partial charge is 0.0622 e. The van der Waals surface area contributed by atoms with Crippen LogP contribution in [0.4, 0.5) is 0 Å². The Morgan fingerprint density at radius 2 is 0.860 bits per heavy atom. The molecule has 0 bridgehead atoms. The van der Waals surface area contributed by atoms with E-state index in [1.165, 1.54) is 98.7 Å². The normalized spacial score (nSPS) is 14.7. The van der Waals surface area contributed by atoms with Gasteiger partial charge in [0, 0.05) is 5.41 Å². The van der Waals surface area contributed by atoms with Crippen molar-refractivity contribution in [3.05, 3.63) is 169 Å². The minimum absolute atomic E-state index is 0.0144. The summed E-state index contributed by atoms with van der Waals surface area (Å²) in [5.41, 5.74) is 16.2. The highest BCUT2D eigenvalue weighted by atomic mass is 28.3. The highest BCUT2D eigenvalue weighted by molar-refractivity contribution is 7.04. The van der Waals surface area contributed by atoms with Crippen molar-refractivity contribution >= 4 is 40.0 Å². The van der Waals surface area contributed by atoms with Gasteiger partial charge in [0.05, 0.1) is 0 Å². The fourth-order valence-corrected chi connectivity index (χ4v) is 12.4. The minimum atomic E-state index is -2.05. The zero-order chi connectivity index (χ0) is 33.8.